The third kappa shape index (κ3) is 4.88. The summed E-state index contributed by atoms with van der Waals surface area (Å²) in [5.41, 5.74) is 2.80. The first-order chi connectivity index (χ1) is 13.6. The van der Waals surface area contributed by atoms with Crippen molar-refractivity contribution in [3.05, 3.63) is 65.5 Å². The van der Waals surface area contributed by atoms with Gasteiger partial charge in [0.2, 0.25) is 5.91 Å². The lowest BCUT2D eigenvalue weighted by Gasteiger charge is -2.32. The largest absolute Gasteiger partial charge is 0.450 e. The predicted molar refractivity (Wildman–Crippen MR) is 107 cm³/mol. The van der Waals surface area contributed by atoms with Gasteiger partial charge in [0.1, 0.15) is 5.92 Å². The molecule has 1 aromatic heterocycles. The number of rotatable bonds is 5. The van der Waals surface area contributed by atoms with Crippen molar-refractivity contribution in [2.45, 2.75) is 38.6 Å². The quantitative estimate of drug-likeness (QED) is 0.863. The van der Waals surface area contributed by atoms with Gasteiger partial charge in [-0.1, -0.05) is 35.9 Å². The topological polar surface area (TPSA) is 71.5 Å². The van der Waals surface area contributed by atoms with Crippen LogP contribution in [0, 0.1) is 6.92 Å². The SMILES string of the molecule is CCOC(=O)N1CCC(NC(=O)C(c2ccc(C)cc2)c2ccccn2)CC1. The first-order valence-corrected chi connectivity index (χ1v) is 9.78. The molecule has 1 atom stereocenters. The first kappa shape index (κ1) is 19.9. The Morgan fingerprint density at radius 3 is 2.50 bits per heavy atom. The van der Waals surface area contributed by atoms with E-state index in [9.17, 15) is 9.59 Å². The van der Waals surface area contributed by atoms with Gasteiger partial charge in [-0.15, -0.1) is 0 Å². The van der Waals surface area contributed by atoms with Crippen LogP contribution in [0.5, 0.6) is 0 Å². The van der Waals surface area contributed by atoms with Gasteiger partial charge in [0.15, 0.2) is 0 Å². The molecule has 1 aliphatic heterocycles. The van der Waals surface area contributed by atoms with Crippen LogP contribution in [-0.2, 0) is 9.53 Å². The summed E-state index contributed by atoms with van der Waals surface area (Å²) in [5, 5.41) is 3.16. The smallest absolute Gasteiger partial charge is 0.409 e. The molecule has 6 nitrogen and oxygen atoms in total. The molecule has 0 spiro atoms. The van der Waals surface area contributed by atoms with Gasteiger partial charge < -0.3 is 15.0 Å². The first-order valence-electron chi connectivity index (χ1n) is 9.78. The molecule has 1 unspecified atom stereocenters. The van der Waals surface area contributed by atoms with E-state index in [2.05, 4.69) is 10.3 Å². The number of nitrogens with zero attached hydrogens (tertiary/aromatic N) is 2. The van der Waals surface area contributed by atoms with Crippen LogP contribution in [0.1, 0.15) is 42.5 Å². The minimum absolute atomic E-state index is 0.0369. The fourth-order valence-corrected chi connectivity index (χ4v) is 3.47. The molecule has 1 fully saturated rings. The number of amides is 2. The van der Waals surface area contributed by atoms with Crippen molar-refractivity contribution in [1.29, 1.82) is 0 Å². The Bertz CT molecular complexity index is 784. The second-order valence-corrected chi connectivity index (χ2v) is 7.07. The van der Waals surface area contributed by atoms with E-state index >= 15 is 0 Å². The predicted octanol–water partition coefficient (Wildman–Crippen LogP) is 3.26. The van der Waals surface area contributed by atoms with Crippen LogP contribution >= 0.6 is 0 Å². The summed E-state index contributed by atoms with van der Waals surface area (Å²) in [6.45, 7) is 5.37. The third-order valence-corrected chi connectivity index (χ3v) is 5.02. The Hall–Kier alpha value is -2.89. The van der Waals surface area contributed by atoms with Crippen LogP contribution in [0.2, 0.25) is 0 Å². The minimum atomic E-state index is -0.454. The molecule has 148 valence electrons. The van der Waals surface area contributed by atoms with Crippen molar-refractivity contribution >= 4 is 12.0 Å². The fraction of sp³-hybridized carbons (Fsp3) is 0.409. The Morgan fingerprint density at radius 1 is 1.18 bits per heavy atom. The second-order valence-electron chi connectivity index (χ2n) is 7.07. The number of hydrogen-bond acceptors (Lipinski definition) is 4. The number of ether oxygens (including phenoxy) is 1. The second kappa shape index (κ2) is 9.35. The van der Waals surface area contributed by atoms with Crippen LogP contribution in [0.15, 0.2) is 48.7 Å². The Balaban J connectivity index is 1.69. The van der Waals surface area contributed by atoms with Gasteiger partial charge in [-0.05, 0) is 44.4 Å². The third-order valence-electron chi connectivity index (χ3n) is 5.02. The monoisotopic (exact) mass is 381 g/mol. The van der Waals surface area contributed by atoms with Crippen molar-refractivity contribution in [1.82, 2.24) is 15.2 Å². The average Bonchev–Trinajstić information content (AvgIpc) is 2.71. The summed E-state index contributed by atoms with van der Waals surface area (Å²) in [6.07, 6.45) is 2.86. The molecule has 6 heteroatoms. The van der Waals surface area contributed by atoms with Crippen LogP contribution in [0.3, 0.4) is 0 Å². The van der Waals surface area contributed by atoms with Gasteiger partial charge in [-0.3, -0.25) is 9.78 Å². The lowest BCUT2D eigenvalue weighted by atomic mass is 9.92. The normalized spacial score (nSPS) is 15.7. The number of likely N-dealkylation sites (tertiary alicyclic amines) is 1. The van der Waals surface area contributed by atoms with Gasteiger partial charge in [0.25, 0.3) is 0 Å². The fourth-order valence-electron chi connectivity index (χ4n) is 3.47. The lowest BCUT2D eigenvalue weighted by Crippen LogP contribution is -2.47. The van der Waals surface area contributed by atoms with Crippen LogP contribution in [-0.4, -0.2) is 47.6 Å². The zero-order valence-electron chi connectivity index (χ0n) is 16.4. The highest BCUT2D eigenvalue weighted by molar-refractivity contribution is 5.87. The minimum Gasteiger partial charge on any atom is -0.450 e. The van der Waals surface area contributed by atoms with Crippen molar-refractivity contribution in [3.8, 4) is 0 Å². The number of piperidine rings is 1. The van der Waals surface area contributed by atoms with E-state index in [4.69, 9.17) is 4.74 Å². The van der Waals surface area contributed by atoms with Crippen LogP contribution in [0.4, 0.5) is 4.79 Å². The van der Waals surface area contributed by atoms with Crippen molar-refractivity contribution in [2.75, 3.05) is 19.7 Å². The van der Waals surface area contributed by atoms with E-state index in [-0.39, 0.29) is 18.0 Å². The van der Waals surface area contributed by atoms with Crippen molar-refractivity contribution < 1.29 is 14.3 Å². The van der Waals surface area contributed by atoms with Gasteiger partial charge in [-0.25, -0.2) is 4.79 Å². The maximum absolute atomic E-state index is 13.2. The summed E-state index contributed by atoms with van der Waals surface area (Å²) >= 11 is 0. The summed E-state index contributed by atoms with van der Waals surface area (Å²) in [6, 6.07) is 13.7. The molecule has 28 heavy (non-hydrogen) atoms. The van der Waals surface area contributed by atoms with Crippen LogP contribution in [0.25, 0.3) is 0 Å². The molecule has 0 bridgehead atoms. The lowest BCUT2D eigenvalue weighted by molar-refractivity contribution is -0.122. The Labute approximate surface area is 165 Å². The number of carbonyl (C=O) groups excluding carboxylic acids is 2. The highest BCUT2D eigenvalue weighted by atomic mass is 16.6. The molecule has 0 saturated carbocycles. The molecule has 1 aliphatic rings. The number of pyridine rings is 1. The Morgan fingerprint density at radius 2 is 1.89 bits per heavy atom. The van der Waals surface area contributed by atoms with E-state index in [1.165, 1.54) is 0 Å². The standard InChI is InChI=1S/C22H27N3O3/c1-3-28-22(27)25-14-11-18(12-15-25)24-21(26)20(19-6-4-5-13-23-19)17-9-7-16(2)8-10-17/h4-10,13,18,20H,3,11-12,14-15H2,1-2H3,(H,24,26). The van der Waals surface area contributed by atoms with E-state index < -0.39 is 5.92 Å². The molecule has 3 rings (SSSR count). The average molecular weight is 381 g/mol. The Kier molecular flexibility index (Phi) is 6.63. The molecule has 2 aromatic rings. The summed E-state index contributed by atoms with van der Waals surface area (Å²) in [4.78, 5) is 31.1. The number of aryl methyl sites for hydroxylation is 1. The molecular formula is C22H27N3O3. The maximum atomic E-state index is 13.2. The van der Waals surface area contributed by atoms with Gasteiger partial charge in [0.05, 0.1) is 12.3 Å². The van der Waals surface area contributed by atoms with Crippen molar-refractivity contribution in [2.24, 2.45) is 0 Å². The number of hydrogen-bond donors (Lipinski definition) is 1. The molecule has 0 aliphatic carbocycles. The summed E-state index contributed by atoms with van der Waals surface area (Å²) in [5.74, 6) is -0.512. The van der Waals surface area contributed by atoms with E-state index in [1.54, 1.807) is 18.0 Å². The van der Waals surface area contributed by atoms with Crippen LogP contribution < -0.4 is 5.32 Å². The molecule has 2 heterocycles. The highest BCUT2D eigenvalue weighted by Crippen LogP contribution is 2.24. The molecular weight excluding hydrogens is 354 g/mol. The van der Waals surface area contributed by atoms with Gasteiger partial charge in [-0.2, -0.15) is 0 Å². The van der Waals surface area contributed by atoms with E-state index in [0.29, 0.717) is 32.5 Å². The molecule has 1 saturated heterocycles. The number of nitrogens with one attached hydrogen (secondary N) is 1. The van der Waals surface area contributed by atoms with Crippen molar-refractivity contribution in [3.63, 3.8) is 0 Å². The molecule has 1 aromatic carbocycles. The number of carbonyl (C=O) groups is 2. The molecule has 1 N–H and O–H groups in total. The summed E-state index contributed by atoms with van der Waals surface area (Å²) in [7, 11) is 0. The highest BCUT2D eigenvalue weighted by Gasteiger charge is 2.29. The summed E-state index contributed by atoms with van der Waals surface area (Å²) < 4.78 is 5.05. The van der Waals surface area contributed by atoms with E-state index in [0.717, 1.165) is 16.8 Å². The number of benzene rings is 1. The number of aromatic nitrogens is 1. The zero-order chi connectivity index (χ0) is 19.9. The molecule has 2 amide bonds. The molecule has 0 radical (unpaired) electrons. The van der Waals surface area contributed by atoms with Gasteiger partial charge in [0, 0.05) is 25.3 Å². The van der Waals surface area contributed by atoms with E-state index in [1.807, 2.05) is 49.4 Å². The maximum Gasteiger partial charge on any atom is 0.409 e. The zero-order valence-corrected chi connectivity index (χ0v) is 16.4. The van der Waals surface area contributed by atoms with Gasteiger partial charge >= 0.3 is 6.09 Å².